The van der Waals surface area contributed by atoms with Gasteiger partial charge in [0, 0.05) is 52.4 Å². The van der Waals surface area contributed by atoms with Crippen LogP contribution in [0.15, 0.2) is 72.9 Å². The van der Waals surface area contributed by atoms with Crippen LogP contribution in [0.5, 0.6) is 0 Å². The van der Waals surface area contributed by atoms with E-state index in [9.17, 15) is 48.3 Å². The van der Waals surface area contributed by atoms with Crippen LogP contribution in [-0.4, -0.2) is 112 Å². The summed E-state index contributed by atoms with van der Waals surface area (Å²) >= 11 is 5.91. The second kappa shape index (κ2) is 22.3. The smallest absolute Gasteiger partial charge is 0.343 e. The van der Waals surface area contributed by atoms with E-state index in [1.165, 1.54) is 24.4 Å². The molecule has 3 atom stereocenters. The summed E-state index contributed by atoms with van der Waals surface area (Å²) in [7, 11) is 0. The molecule has 9 rings (SSSR count). The van der Waals surface area contributed by atoms with Gasteiger partial charge in [0.2, 0.25) is 35.4 Å². The van der Waals surface area contributed by atoms with Gasteiger partial charge in [0.05, 0.1) is 67.4 Å². The number of nitrogens with one attached hydrogen (secondary N) is 6. The molecule has 3 aliphatic heterocycles. The number of pyridine rings is 3. The first-order chi connectivity index (χ1) is 36.9. The summed E-state index contributed by atoms with van der Waals surface area (Å²) < 4.78 is 28.5. The van der Waals surface area contributed by atoms with E-state index in [0.717, 1.165) is 33.7 Å². The Kier molecular flexibility index (Phi) is 15.4. The van der Waals surface area contributed by atoms with Gasteiger partial charge in [-0.25, -0.2) is 19.1 Å². The number of nitrogens with zero attached hydrogens (tertiary/aromatic N) is 4. The molecule has 2 aromatic carbocycles. The fourth-order valence-electron chi connectivity index (χ4n) is 9.82. The molecule has 5 aromatic rings. The third-order valence-electron chi connectivity index (χ3n) is 13.8. The van der Waals surface area contributed by atoms with E-state index in [0.29, 0.717) is 67.7 Å². The standard InChI is InChI=1S/C53H51FN10O12S/c1-3-53(74)34-17-39-49-32(23-63(39)51(77)33(34)24-76-52(53)73)48-36(12-11-31-27(2)35(54)18-37(62-49)47(31)48)60-44(69)25-75-26-59-42(67)21-58-50(72)38(15-28-7-5-4-6-8-28)61-43(68)22-57-41(66)20-56-40(65)16-29-9-10-30(19-55-29)64-45(70)13-14-46(64)71/h4-10,13-14,17-19,36,38,74H,3,11-12,15-16,20-26H2,1-2H3,(H,56,65)(H,57,66)(H,58,72)(H,59,67)(H,60,69)(H,61,68)/t36-,38+,53+/m1/s1. The maximum absolute atomic E-state index is 15.4. The first kappa shape index (κ1) is 53.2. The van der Waals surface area contributed by atoms with Crippen molar-refractivity contribution in [1.82, 2.24) is 46.4 Å². The molecule has 22 nitrogen and oxygen atoms in total. The summed E-state index contributed by atoms with van der Waals surface area (Å²) in [4.78, 5) is 124. The van der Waals surface area contributed by atoms with Gasteiger partial charge in [-0.1, -0.05) is 49.5 Å². The lowest BCUT2D eigenvalue weighted by Gasteiger charge is -2.32. The molecule has 398 valence electrons. The number of halogens is 1. The zero-order valence-corrected chi connectivity index (χ0v) is 42.4. The first-order valence-corrected chi connectivity index (χ1v) is 25.0. The van der Waals surface area contributed by atoms with Gasteiger partial charge in [-0.3, -0.25) is 43.3 Å². The van der Waals surface area contributed by atoms with Gasteiger partial charge in [0.25, 0.3) is 11.8 Å². The maximum atomic E-state index is 15.4. The average molecular weight is 1070 g/mol. The molecule has 0 radical (unpaired) electrons. The van der Waals surface area contributed by atoms with E-state index in [4.69, 9.17) is 26.7 Å². The van der Waals surface area contributed by atoms with Crippen molar-refractivity contribution in [2.75, 3.05) is 37.9 Å². The molecular weight excluding hydrogens is 1020 g/mol. The SMILES string of the molecule is CC[C@@]1(O)C(=O)OCc2c1cc1n(c2=S)Cc2c-1nc1cc(F)c(C)c3c1c2[C@H](NC(=O)COCNC(=O)CNC(=O)[C@H](Cc1ccccc1)NC(=O)CNC(=O)CNC(=O)Cc1ccc(N2C(=O)C=CC2=O)cn1)CC3. The molecule has 0 saturated heterocycles. The summed E-state index contributed by atoms with van der Waals surface area (Å²) in [5.41, 5.74) is 4.24. The van der Waals surface area contributed by atoms with Crippen molar-refractivity contribution in [2.24, 2.45) is 0 Å². The molecule has 8 amide bonds. The highest BCUT2D eigenvalue weighted by Crippen LogP contribution is 2.47. The third kappa shape index (κ3) is 11.1. The Morgan fingerprint density at radius 3 is 2.34 bits per heavy atom. The number of cyclic esters (lactones) is 1. The zero-order chi connectivity index (χ0) is 54.7. The lowest BCUT2D eigenvalue weighted by atomic mass is 9.81. The maximum Gasteiger partial charge on any atom is 0.343 e. The van der Waals surface area contributed by atoms with Gasteiger partial charge in [0.15, 0.2) is 5.60 Å². The van der Waals surface area contributed by atoms with Gasteiger partial charge in [0.1, 0.15) is 36.4 Å². The monoisotopic (exact) mass is 1070 g/mol. The molecule has 0 spiro atoms. The average Bonchev–Trinajstić information content (AvgIpc) is 4.09. The van der Waals surface area contributed by atoms with Gasteiger partial charge in [-0.2, -0.15) is 0 Å². The van der Waals surface area contributed by atoms with Crippen LogP contribution in [0.2, 0.25) is 0 Å². The van der Waals surface area contributed by atoms with Crippen LogP contribution in [0.4, 0.5) is 10.1 Å². The molecular formula is C53H51FN10O12S. The van der Waals surface area contributed by atoms with E-state index in [-0.39, 0.29) is 38.1 Å². The molecule has 7 N–H and O–H groups in total. The quantitative estimate of drug-likeness (QED) is 0.0197. The molecule has 6 heterocycles. The second-order valence-electron chi connectivity index (χ2n) is 18.7. The largest absolute Gasteiger partial charge is 0.458 e. The Hall–Kier alpha value is -8.61. The van der Waals surface area contributed by atoms with Gasteiger partial charge in [-0.05, 0) is 66.6 Å². The Labute approximate surface area is 443 Å². The van der Waals surface area contributed by atoms with Gasteiger partial charge in [-0.15, -0.1) is 0 Å². The number of amides is 8. The van der Waals surface area contributed by atoms with Crippen LogP contribution in [0.1, 0.15) is 70.4 Å². The van der Waals surface area contributed by atoms with E-state index >= 15 is 4.39 Å². The number of hydrogen-bond acceptors (Lipinski definition) is 15. The minimum absolute atomic E-state index is 0.0270. The van der Waals surface area contributed by atoms with Crippen molar-refractivity contribution in [1.29, 1.82) is 0 Å². The summed E-state index contributed by atoms with van der Waals surface area (Å²) in [5.74, 6) is -6.16. The van der Waals surface area contributed by atoms with Crippen LogP contribution in [0.25, 0.3) is 22.3 Å². The number of carbonyl (C=O) groups is 9. The fourth-order valence-corrected chi connectivity index (χ4v) is 10.2. The van der Waals surface area contributed by atoms with Crippen LogP contribution in [0.3, 0.4) is 0 Å². The number of aryl methyl sites for hydroxylation is 1. The molecule has 4 aliphatic rings. The van der Waals surface area contributed by atoms with Crippen LogP contribution in [-0.2, 0) is 90.6 Å². The minimum Gasteiger partial charge on any atom is -0.458 e. The predicted octanol–water partition coefficient (Wildman–Crippen LogP) is 1.23. The number of aliphatic hydroxyl groups is 1. The van der Waals surface area contributed by atoms with Crippen LogP contribution >= 0.6 is 12.2 Å². The lowest BCUT2D eigenvalue weighted by Crippen LogP contribution is -2.52. The normalized spacial score (nSPS) is 17.2. The number of hydrogen-bond donors (Lipinski definition) is 7. The predicted molar refractivity (Wildman–Crippen MR) is 273 cm³/mol. The first-order valence-electron chi connectivity index (χ1n) is 24.5. The highest BCUT2D eigenvalue weighted by Gasteiger charge is 2.45. The number of carbonyl (C=O) groups excluding carboxylic acids is 9. The minimum atomic E-state index is -1.92. The van der Waals surface area contributed by atoms with Gasteiger partial charge >= 0.3 is 5.97 Å². The molecule has 77 heavy (non-hydrogen) atoms. The van der Waals surface area contributed by atoms with E-state index in [2.05, 4.69) is 36.9 Å². The number of ether oxygens (including phenoxy) is 2. The molecule has 24 heteroatoms. The molecule has 1 aliphatic carbocycles. The molecule has 0 bridgehead atoms. The van der Waals surface area contributed by atoms with E-state index in [1.807, 2.05) is 4.57 Å². The summed E-state index contributed by atoms with van der Waals surface area (Å²) in [6.07, 6.45) is 4.23. The molecule has 3 aromatic heterocycles. The fraction of sp³-hybridized carbons (Fsp3) is 0.321. The highest BCUT2D eigenvalue weighted by atomic mass is 32.1. The second-order valence-corrected chi connectivity index (χ2v) is 19.1. The van der Waals surface area contributed by atoms with Crippen molar-refractivity contribution < 1.29 is 62.1 Å². The number of anilines is 1. The summed E-state index contributed by atoms with van der Waals surface area (Å²) in [5, 5.41) is 27.5. The number of rotatable bonds is 19. The molecule has 0 unspecified atom stereocenters. The Bertz CT molecular complexity index is 3390. The van der Waals surface area contributed by atoms with Crippen LogP contribution < -0.4 is 36.8 Å². The molecule has 0 fully saturated rings. The van der Waals surface area contributed by atoms with Crippen molar-refractivity contribution >= 4 is 82.0 Å². The topological polar surface area (TPSA) is 298 Å². The van der Waals surface area contributed by atoms with Crippen molar-refractivity contribution in [3.05, 3.63) is 128 Å². The lowest BCUT2D eigenvalue weighted by molar-refractivity contribution is -0.172. The Balaban J connectivity index is 0.753. The molecule has 0 saturated carbocycles. The summed E-state index contributed by atoms with van der Waals surface area (Å²) in [6.45, 7) is 1.07. The number of esters is 1. The van der Waals surface area contributed by atoms with Crippen LogP contribution in [0, 0.1) is 17.4 Å². The highest BCUT2D eigenvalue weighted by molar-refractivity contribution is 7.71. The van der Waals surface area contributed by atoms with E-state index < -0.39 is 110 Å². The zero-order valence-electron chi connectivity index (χ0n) is 41.6. The number of benzene rings is 2. The van der Waals surface area contributed by atoms with Crippen molar-refractivity contribution in [3.8, 4) is 11.4 Å². The van der Waals surface area contributed by atoms with Crippen molar-refractivity contribution in [3.63, 3.8) is 0 Å². The van der Waals surface area contributed by atoms with Crippen molar-refractivity contribution in [2.45, 2.75) is 76.8 Å². The van der Waals surface area contributed by atoms with E-state index in [1.54, 1.807) is 50.2 Å². The third-order valence-corrected chi connectivity index (χ3v) is 14.3. The number of imide groups is 1. The Morgan fingerprint density at radius 1 is 0.896 bits per heavy atom. The Morgan fingerprint density at radius 2 is 1.61 bits per heavy atom. The number of aromatic nitrogens is 3. The number of fused-ring (bicyclic) bond motifs is 5. The summed E-state index contributed by atoms with van der Waals surface area (Å²) in [6, 6.07) is 13.0. The van der Waals surface area contributed by atoms with Gasteiger partial charge < -0.3 is 51.0 Å².